The molecule has 1 saturated heterocycles. The molecule has 0 saturated carbocycles. The Balaban J connectivity index is 2.32. The minimum absolute atomic E-state index is 0.0449. The molecular formula is C14H25N5O3S. The molecule has 130 valence electrons. The number of hydrogen-bond acceptors (Lipinski definition) is 4. The molecule has 1 aromatic heterocycles. The minimum Gasteiger partial charge on any atom is -0.353 e. The van der Waals surface area contributed by atoms with Crippen molar-refractivity contribution in [1.29, 1.82) is 0 Å². The number of hydrogen-bond donors (Lipinski definition) is 2. The third-order valence-corrected chi connectivity index (χ3v) is 5.58. The molecule has 1 fully saturated rings. The Kier molecular flexibility index (Phi) is 5.12. The van der Waals surface area contributed by atoms with Crippen LogP contribution in [-0.4, -0.2) is 47.5 Å². The molecule has 0 aromatic carbocycles. The third-order valence-electron chi connectivity index (χ3n) is 3.99. The molecule has 1 aliphatic rings. The molecule has 9 heteroatoms. The first kappa shape index (κ1) is 17.9. The molecule has 0 aliphatic carbocycles. The highest BCUT2D eigenvalue weighted by Gasteiger charge is 2.41. The fourth-order valence-corrected chi connectivity index (χ4v) is 4.00. The predicted octanol–water partition coefficient (Wildman–Crippen LogP) is 0.316. The van der Waals surface area contributed by atoms with Crippen LogP contribution in [0.25, 0.3) is 0 Å². The van der Waals surface area contributed by atoms with Crippen molar-refractivity contribution in [3.63, 3.8) is 0 Å². The standard InChI is InChI=1S/C14H25N5O3S/c1-6-19-8-11(10(4)16-19)12-7-13(14(20)15-9(2)3)18(5)23(21,22)17-12/h8-9,12-13,17H,6-7H2,1-5H3,(H,15,20)/t12-,13+/m0/s1. The summed E-state index contributed by atoms with van der Waals surface area (Å²) in [6.45, 7) is 8.21. The van der Waals surface area contributed by atoms with Gasteiger partial charge in [0.1, 0.15) is 6.04 Å². The molecule has 0 radical (unpaired) electrons. The number of amides is 1. The smallest absolute Gasteiger partial charge is 0.280 e. The Labute approximate surface area is 137 Å². The molecule has 1 amide bonds. The van der Waals surface area contributed by atoms with Gasteiger partial charge in [0.25, 0.3) is 10.2 Å². The fourth-order valence-electron chi connectivity index (χ4n) is 2.73. The Bertz CT molecular complexity index is 683. The van der Waals surface area contributed by atoms with Crippen molar-refractivity contribution in [3.8, 4) is 0 Å². The number of carbonyl (C=O) groups is 1. The normalized spacial score (nSPS) is 24.8. The van der Waals surface area contributed by atoms with Gasteiger partial charge in [-0.1, -0.05) is 0 Å². The van der Waals surface area contributed by atoms with Gasteiger partial charge in [-0.15, -0.1) is 0 Å². The van der Waals surface area contributed by atoms with E-state index in [4.69, 9.17) is 0 Å². The van der Waals surface area contributed by atoms with Crippen LogP contribution in [0.1, 0.15) is 44.5 Å². The quantitative estimate of drug-likeness (QED) is 0.823. The van der Waals surface area contributed by atoms with Crippen LogP contribution >= 0.6 is 0 Å². The maximum atomic E-state index is 12.4. The van der Waals surface area contributed by atoms with Gasteiger partial charge in [0, 0.05) is 31.4 Å². The molecule has 8 nitrogen and oxygen atoms in total. The topological polar surface area (TPSA) is 96.3 Å². The summed E-state index contributed by atoms with van der Waals surface area (Å²) in [5.74, 6) is -0.280. The van der Waals surface area contributed by atoms with Gasteiger partial charge in [-0.25, -0.2) is 0 Å². The molecule has 1 aliphatic heterocycles. The molecule has 1 aromatic rings. The van der Waals surface area contributed by atoms with Crippen molar-refractivity contribution in [3.05, 3.63) is 17.5 Å². The maximum Gasteiger partial charge on any atom is 0.280 e. The minimum atomic E-state index is -3.72. The van der Waals surface area contributed by atoms with Gasteiger partial charge in [0.05, 0.1) is 11.7 Å². The molecule has 0 spiro atoms. The Morgan fingerprint density at radius 3 is 2.70 bits per heavy atom. The largest absolute Gasteiger partial charge is 0.353 e. The summed E-state index contributed by atoms with van der Waals surface area (Å²) in [5, 5.41) is 7.15. The molecule has 2 N–H and O–H groups in total. The van der Waals surface area contributed by atoms with E-state index in [9.17, 15) is 13.2 Å². The average molecular weight is 343 g/mol. The van der Waals surface area contributed by atoms with Gasteiger partial charge in [-0.2, -0.15) is 22.5 Å². The van der Waals surface area contributed by atoms with Crippen molar-refractivity contribution in [2.24, 2.45) is 0 Å². The lowest BCUT2D eigenvalue weighted by Crippen LogP contribution is -2.57. The lowest BCUT2D eigenvalue weighted by Gasteiger charge is -2.36. The van der Waals surface area contributed by atoms with Gasteiger partial charge in [0.2, 0.25) is 5.91 Å². The number of likely N-dealkylation sites (N-methyl/N-ethyl adjacent to an activating group) is 1. The van der Waals surface area contributed by atoms with Crippen LogP contribution in [0.15, 0.2) is 6.20 Å². The van der Waals surface area contributed by atoms with Gasteiger partial charge in [0.15, 0.2) is 0 Å². The SMILES string of the molecule is CCn1cc([C@@H]2C[C@H](C(=O)NC(C)C)N(C)S(=O)(=O)N2)c(C)n1. The zero-order valence-corrected chi connectivity index (χ0v) is 15.0. The highest BCUT2D eigenvalue weighted by atomic mass is 32.2. The molecule has 0 bridgehead atoms. The lowest BCUT2D eigenvalue weighted by atomic mass is 10.00. The maximum absolute atomic E-state index is 12.4. The summed E-state index contributed by atoms with van der Waals surface area (Å²) in [6.07, 6.45) is 2.20. The van der Waals surface area contributed by atoms with E-state index >= 15 is 0 Å². The molecular weight excluding hydrogens is 318 g/mol. The number of aryl methyl sites for hydroxylation is 2. The number of rotatable bonds is 4. The van der Waals surface area contributed by atoms with Crippen molar-refractivity contribution in [2.75, 3.05) is 7.05 Å². The van der Waals surface area contributed by atoms with Gasteiger partial charge in [-0.3, -0.25) is 9.48 Å². The predicted molar refractivity (Wildman–Crippen MR) is 86.9 cm³/mol. The Morgan fingerprint density at radius 2 is 2.17 bits per heavy atom. The van der Waals surface area contributed by atoms with E-state index in [2.05, 4.69) is 15.1 Å². The van der Waals surface area contributed by atoms with Crippen molar-refractivity contribution in [2.45, 2.75) is 58.8 Å². The number of nitrogens with zero attached hydrogens (tertiary/aromatic N) is 3. The van der Waals surface area contributed by atoms with E-state index in [0.717, 1.165) is 15.6 Å². The molecule has 2 heterocycles. The highest BCUT2D eigenvalue weighted by molar-refractivity contribution is 7.87. The second kappa shape index (κ2) is 6.58. The van der Waals surface area contributed by atoms with Crippen LogP contribution in [0.5, 0.6) is 0 Å². The van der Waals surface area contributed by atoms with Crippen molar-refractivity contribution in [1.82, 2.24) is 24.1 Å². The number of nitrogens with one attached hydrogen (secondary N) is 2. The number of aromatic nitrogens is 2. The summed E-state index contributed by atoms with van der Waals surface area (Å²) in [4.78, 5) is 12.4. The average Bonchev–Trinajstić information content (AvgIpc) is 2.82. The fraction of sp³-hybridized carbons (Fsp3) is 0.714. The van der Waals surface area contributed by atoms with Crippen LogP contribution in [0.4, 0.5) is 0 Å². The van der Waals surface area contributed by atoms with Crippen LogP contribution in [0.2, 0.25) is 0 Å². The van der Waals surface area contributed by atoms with Crippen LogP contribution in [-0.2, 0) is 21.5 Å². The van der Waals surface area contributed by atoms with Crippen molar-refractivity contribution >= 4 is 16.1 Å². The van der Waals surface area contributed by atoms with Crippen molar-refractivity contribution < 1.29 is 13.2 Å². The summed E-state index contributed by atoms with van der Waals surface area (Å²) in [6, 6.07) is -1.24. The second-order valence-electron chi connectivity index (χ2n) is 6.13. The first-order valence-corrected chi connectivity index (χ1v) is 9.19. The van der Waals surface area contributed by atoms with E-state index in [-0.39, 0.29) is 11.9 Å². The van der Waals surface area contributed by atoms with Gasteiger partial charge >= 0.3 is 0 Å². The first-order valence-electron chi connectivity index (χ1n) is 7.75. The monoisotopic (exact) mass is 343 g/mol. The van der Waals surface area contributed by atoms with Crippen LogP contribution in [0, 0.1) is 6.92 Å². The number of carbonyl (C=O) groups excluding carboxylic acids is 1. The highest BCUT2D eigenvalue weighted by Crippen LogP contribution is 2.29. The summed E-state index contributed by atoms with van der Waals surface area (Å²) in [7, 11) is -2.30. The molecule has 2 rings (SSSR count). The van der Waals surface area contributed by atoms with E-state index in [1.807, 2.05) is 33.9 Å². The molecule has 2 atom stereocenters. The Hall–Kier alpha value is -1.45. The van der Waals surface area contributed by atoms with E-state index in [1.54, 1.807) is 4.68 Å². The lowest BCUT2D eigenvalue weighted by molar-refractivity contribution is -0.125. The second-order valence-corrected chi connectivity index (χ2v) is 7.89. The van der Waals surface area contributed by atoms with Crippen LogP contribution < -0.4 is 10.0 Å². The third kappa shape index (κ3) is 3.73. The summed E-state index contributed by atoms with van der Waals surface area (Å²) < 4.78 is 30.2. The van der Waals surface area contributed by atoms with Gasteiger partial charge in [-0.05, 0) is 34.1 Å². The summed E-state index contributed by atoms with van der Waals surface area (Å²) in [5.41, 5.74) is 1.58. The van der Waals surface area contributed by atoms with Crippen LogP contribution in [0.3, 0.4) is 0 Å². The zero-order chi connectivity index (χ0) is 17.4. The summed E-state index contributed by atoms with van der Waals surface area (Å²) >= 11 is 0. The molecule has 23 heavy (non-hydrogen) atoms. The van der Waals surface area contributed by atoms with E-state index in [1.165, 1.54) is 7.05 Å². The zero-order valence-electron chi connectivity index (χ0n) is 14.2. The Morgan fingerprint density at radius 1 is 1.52 bits per heavy atom. The van der Waals surface area contributed by atoms with E-state index < -0.39 is 22.3 Å². The molecule has 0 unspecified atom stereocenters. The first-order chi connectivity index (χ1) is 10.7. The van der Waals surface area contributed by atoms with Gasteiger partial charge < -0.3 is 5.32 Å². The van der Waals surface area contributed by atoms with E-state index in [0.29, 0.717) is 13.0 Å².